The monoisotopic (exact) mass is 486 g/mol. The molecule has 3 N–H and O–H groups in total. The number of nitrogens with zero attached hydrogens (tertiary/aromatic N) is 2. The van der Waals surface area contributed by atoms with Gasteiger partial charge in [-0.2, -0.15) is 4.98 Å². The highest BCUT2D eigenvalue weighted by molar-refractivity contribution is 7.92. The van der Waals surface area contributed by atoms with Crippen LogP contribution in [0.1, 0.15) is 24.0 Å². The number of rotatable bonds is 7. The van der Waals surface area contributed by atoms with Gasteiger partial charge in [0.25, 0.3) is 0 Å². The summed E-state index contributed by atoms with van der Waals surface area (Å²) in [6.45, 7) is 3.55. The van der Waals surface area contributed by atoms with Crippen molar-refractivity contribution < 1.29 is 13.2 Å². The van der Waals surface area contributed by atoms with Gasteiger partial charge >= 0.3 is 0 Å². The van der Waals surface area contributed by atoms with Crippen LogP contribution in [0.15, 0.2) is 53.4 Å². The lowest BCUT2D eigenvalue weighted by Gasteiger charge is -2.22. The van der Waals surface area contributed by atoms with Crippen LogP contribution in [0.3, 0.4) is 0 Å². The van der Waals surface area contributed by atoms with E-state index in [4.69, 9.17) is 22.1 Å². The average Bonchev–Trinajstić information content (AvgIpc) is 2.81. The van der Waals surface area contributed by atoms with Crippen molar-refractivity contribution in [2.24, 2.45) is 0 Å². The van der Waals surface area contributed by atoms with E-state index in [1.54, 1.807) is 12.1 Å². The maximum Gasteiger partial charge on any atom is 0.222 e. The first-order valence-electron chi connectivity index (χ1n) is 10.9. The molecule has 1 aliphatic rings. The quantitative estimate of drug-likeness (QED) is 0.512. The number of halogens is 1. The summed E-state index contributed by atoms with van der Waals surface area (Å²) in [6, 6.07) is 14.6. The molecule has 0 bridgehead atoms. The Hall–Kier alpha value is -2.68. The van der Waals surface area contributed by atoms with Crippen molar-refractivity contribution in [1.82, 2.24) is 9.97 Å². The maximum absolute atomic E-state index is 12.8. The number of hydrogen-bond acceptors (Lipinski definition) is 7. The zero-order valence-corrected chi connectivity index (χ0v) is 20.0. The summed E-state index contributed by atoms with van der Waals surface area (Å²) >= 11 is 6.24. The standard InChI is InChI=1S/C24H27ClN4O3S/c1-16-20(3-2-4-21(16)25)22-15-23(29-24(26)28-22)27-12-9-17-5-7-18(8-6-17)33(30,31)19-10-13-32-14-11-19/h2-8,15,19H,9-14H2,1H3,(H3,26,27,28,29). The van der Waals surface area contributed by atoms with Crippen LogP contribution in [0.25, 0.3) is 11.3 Å². The Morgan fingerprint density at radius 2 is 1.85 bits per heavy atom. The molecule has 174 valence electrons. The Morgan fingerprint density at radius 1 is 1.12 bits per heavy atom. The fourth-order valence-corrected chi connectivity index (χ4v) is 5.83. The number of nitrogen functional groups attached to an aromatic ring is 1. The van der Waals surface area contributed by atoms with Crippen LogP contribution in [0.2, 0.25) is 5.02 Å². The molecule has 2 heterocycles. The first kappa shape index (κ1) is 23.5. The Kier molecular flexibility index (Phi) is 7.17. The fourth-order valence-electron chi connectivity index (χ4n) is 3.94. The van der Waals surface area contributed by atoms with Gasteiger partial charge in [0.15, 0.2) is 9.84 Å². The second-order valence-corrected chi connectivity index (χ2v) is 10.7. The van der Waals surface area contributed by atoms with E-state index < -0.39 is 9.84 Å². The molecule has 0 aliphatic carbocycles. The SMILES string of the molecule is Cc1c(Cl)cccc1-c1cc(NCCc2ccc(S(=O)(=O)C3CCOCC3)cc2)nc(N)n1. The first-order valence-corrected chi connectivity index (χ1v) is 12.8. The van der Waals surface area contributed by atoms with E-state index in [2.05, 4.69) is 15.3 Å². The van der Waals surface area contributed by atoms with E-state index in [1.165, 1.54) is 0 Å². The number of nitrogens with one attached hydrogen (secondary N) is 1. The molecule has 1 saturated heterocycles. The molecule has 2 aromatic carbocycles. The van der Waals surface area contributed by atoms with Gasteiger partial charge in [-0.05, 0) is 55.5 Å². The summed E-state index contributed by atoms with van der Waals surface area (Å²) in [6.07, 6.45) is 1.80. The smallest absolute Gasteiger partial charge is 0.222 e. The van der Waals surface area contributed by atoms with E-state index in [9.17, 15) is 8.42 Å². The summed E-state index contributed by atoms with van der Waals surface area (Å²) in [4.78, 5) is 8.99. The Labute approximate surface area is 199 Å². The minimum Gasteiger partial charge on any atom is -0.381 e. The minimum absolute atomic E-state index is 0.178. The van der Waals surface area contributed by atoms with E-state index >= 15 is 0 Å². The van der Waals surface area contributed by atoms with Crippen molar-refractivity contribution in [2.75, 3.05) is 30.8 Å². The molecule has 7 nitrogen and oxygen atoms in total. The average molecular weight is 487 g/mol. The molecule has 0 spiro atoms. The second-order valence-electron chi connectivity index (χ2n) is 8.09. The Morgan fingerprint density at radius 3 is 2.58 bits per heavy atom. The molecule has 0 atom stereocenters. The molecular weight excluding hydrogens is 460 g/mol. The van der Waals surface area contributed by atoms with Gasteiger partial charge in [-0.1, -0.05) is 35.9 Å². The number of aromatic nitrogens is 2. The lowest BCUT2D eigenvalue weighted by Crippen LogP contribution is -2.28. The predicted molar refractivity (Wildman–Crippen MR) is 131 cm³/mol. The fraction of sp³-hybridized carbons (Fsp3) is 0.333. The highest BCUT2D eigenvalue weighted by Crippen LogP contribution is 2.29. The van der Waals surface area contributed by atoms with E-state index in [-0.39, 0.29) is 11.2 Å². The molecule has 0 amide bonds. The van der Waals surface area contributed by atoms with Crippen LogP contribution in [0.4, 0.5) is 11.8 Å². The molecule has 4 rings (SSSR count). The highest BCUT2D eigenvalue weighted by Gasteiger charge is 2.29. The third-order valence-electron chi connectivity index (χ3n) is 5.87. The topological polar surface area (TPSA) is 107 Å². The van der Waals surface area contributed by atoms with Crippen LogP contribution in [-0.4, -0.2) is 43.4 Å². The van der Waals surface area contributed by atoms with E-state index in [1.807, 2.05) is 43.3 Å². The van der Waals surface area contributed by atoms with Gasteiger partial charge in [-0.15, -0.1) is 0 Å². The number of nitrogens with two attached hydrogens (primary N) is 1. The highest BCUT2D eigenvalue weighted by atomic mass is 35.5. The first-order chi connectivity index (χ1) is 15.8. The normalized spacial score (nSPS) is 14.8. The van der Waals surface area contributed by atoms with Crippen molar-refractivity contribution in [1.29, 1.82) is 0 Å². The Balaban J connectivity index is 1.40. The number of sulfone groups is 1. The molecule has 0 unspecified atom stereocenters. The van der Waals surface area contributed by atoms with Crippen molar-refractivity contribution in [3.05, 3.63) is 64.7 Å². The van der Waals surface area contributed by atoms with Gasteiger partial charge < -0.3 is 15.8 Å². The van der Waals surface area contributed by atoms with E-state index in [0.29, 0.717) is 60.5 Å². The number of benzene rings is 2. The van der Waals surface area contributed by atoms with Crippen molar-refractivity contribution in [3.8, 4) is 11.3 Å². The minimum atomic E-state index is -3.32. The van der Waals surface area contributed by atoms with Crippen LogP contribution in [0.5, 0.6) is 0 Å². The lowest BCUT2D eigenvalue weighted by atomic mass is 10.1. The van der Waals surface area contributed by atoms with Gasteiger partial charge in [-0.25, -0.2) is 13.4 Å². The summed E-state index contributed by atoms with van der Waals surface area (Å²) in [5.41, 5.74) is 9.49. The third-order valence-corrected chi connectivity index (χ3v) is 8.55. The van der Waals surface area contributed by atoms with Crippen LogP contribution in [-0.2, 0) is 21.0 Å². The molecule has 0 radical (unpaired) electrons. The van der Waals surface area contributed by atoms with Crippen molar-refractivity contribution in [3.63, 3.8) is 0 Å². The van der Waals surface area contributed by atoms with Crippen molar-refractivity contribution >= 4 is 33.2 Å². The zero-order chi connectivity index (χ0) is 23.4. The van der Waals surface area contributed by atoms with Gasteiger partial charge in [0.1, 0.15) is 5.82 Å². The molecule has 0 saturated carbocycles. The Bertz CT molecular complexity index is 1230. The summed E-state index contributed by atoms with van der Waals surface area (Å²) < 4.78 is 30.9. The number of hydrogen-bond donors (Lipinski definition) is 2. The molecule has 33 heavy (non-hydrogen) atoms. The summed E-state index contributed by atoms with van der Waals surface area (Å²) in [5, 5.41) is 3.58. The number of ether oxygens (including phenoxy) is 1. The third kappa shape index (κ3) is 5.46. The predicted octanol–water partition coefficient (Wildman–Crippen LogP) is 4.29. The largest absolute Gasteiger partial charge is 0.381 e. The van der Waals surface area contributed by atoms with Gasteiger partial charge in [0.2, 0.25) is 5.95 Å². The number of anilines is 2. The maximum atomic E-state index is 12.8. The van der Waals surface area contributed by atoms with Gasteiger partial charge in [0, 0.05) is 36.4 Å². The van der Waals surface area contributed by atoms with Gasteiger partial charge in [-0.3, -0.25) is 0 Å². The van der Waals surface area contributed by atoms with E-state index in [0.717, 1.165) is 16.7 Å². The van der Waals surface area contributed by atoms with Crippen LogP contribution in [0, 0.1) is 6.92 Å². The summed E-state index contributed by atoms with van der Waals surface area (Å²) in [5.74, 6) is 0.799. The molecular formula is C24H27ClN4O3S. The van der Waals surface area contributed by atoms with Crippen molar-refractivity contribution in [2.45, 2.75) is 36.3 Å². The summed E-state index contributed by atoms with van der Waals surface area (Å²) in [7, 11) is -3.32. The van der Waals surface area contributed by atoms with Crippen LogP contribution < -0.4 is 11.1 Å². The second kappa shape index (κ2) is 10.1. The molecule has 1 fully saturated rings. The lowest BCUT2D eigenvalue weighted by molar-refractivity contribution is 0.0983. The van der Waals surface area contributed by atoms with Gasteiger partial charge in [0.05, 0.1) is 15.8 Å². The molecule has 1 aromatic heterocycles. The molecule has 1 aliphatic heterocycles. The molecule has 3 aromatic rings. The molecule has 9 heteroatoms. The zero-order valence-electron chi connectivity index (χ0n) is 18.4. The van der Waals surface area contributed by atoms with Crippen LogP contribution >= 0.6 is 11.6 Å².